The van der Waals surface area contributed by atoms with Gasteiger partial charge in [-0.25, -0.2) is 13.4 Å². The fourth-order valence-electron chi connectivity index (χ4n) is 2.35. The zero-order valence-corrected chi connectivity index (χ0v) is 17.4. The number of sulfonamides is 1. The highest BCUT2D eigenvalue weighted by Crippen LogP contribution is 2.28. The summed E-state index contributed by atoms with van der Waals surface area (Å²) in [4.78, 5) is 17.9. The quantitative estimate of drug-likeness (QED) is 0.436. The van der Waals surface area contributed by atoms with E-state index in [0.717, 1.165) is 21.9 Å². The van der Waals surface area contributed by atoms with Crippen molar-refractivity contribution < 1.29 is 13.2 Å². The molecular formula is C18H13N3O3S4. The third kappa shape index (κ3) is 4.14. The van der Waals surface area contributed by atoms with Crippen molar-refractivity contribution in [1.82, 2.24) is 4.98 Å². The summed E-state index contributed by atoms with van der Waals surface area (Å²) in [7, 11) is -3.61. The molecule has 4 aromatic rings. The first-order valence-corrected chi connectivity index (χ1v) is 12.1. The van der Waals surface area contributed by atoms with Gasteiger partial charge in [0.25, 0.3) is 15.9 Å². The lowest BCUT2D eigenvalue weighted by Gasteiger charge is -2.07. The molecular weight excluding hydrogens is 434 g/mol. The highest BCUT2D eigenvalue weighted by Gasteiger charge is 2.16. The summed E-state index contributed by atoms with van der Waals surface area (Å²) >= 11 is 4.08. The highest BCUT2D eigenvalue weighted by molar-refractivity contribution is 7.94. The first-order chi connectivity index (χ1) is 13.5. The Morgan fingerprint density at radius 3 is 2.36 bits per heavy atom. The second-order valence-electron chi connectivity index (χ2n) is 5.58. The fraction of sp³-hybridized carbons (Fsp3) is 0. The van der Waals surface area contributed by atoms with Crippen LogP contribution in [0.25, 0.3) is 10.6 Å². The Labute approximate surface area is 173 Å². The molecule has 10 heteroatoms. The molecule has 0 aliphatic heterocycles. The van der Waals surface area contributed by atoms with Crippen molar-refractivity contribution in [3.05, 3.63) is 70.2 Å². The number of aromatic nitrogens is 1. The second-order valence-corrected chi connectivity index (χ2v) is 10.2. The number of nitrogens with zero attached hydrogens (tertiary/aromatic N) is 1. The molecule has 6 nitrogen and oxygen atoms in total. The molecule has 0 atom stereocenters. The summed E-state index contributed by atoms with van der Waals surface area (Å²) in [6, 6.07) is 13.4. The van der Waals surface area contributed by atoms with Crippen molar-refractivity contribution in [2.75, 3.05) is 10.0 Å². The fourth-order valence-corrected chi connectivity index (χ4v) is 5.87. The molecule has 0 fully saturated rings. The van der Waals surface area contributed by atoms with Crippen LogP contribution in [-0.4, -0.2) is 19.3 Å². The van der Waals surface area contributed by atoms with Crippen LogP contribution >= 0.6 is 34.0 Å². The van der Waals surface area contributed by atoms with Crippen LogP contribution in [0.2, 0.25) is 0 Å². The van der Waals surface area contributed by atoms with Gasteiger partial charge in [-0.3, -0.25) is 14.8 Å². The predicted octanol–water partition coefficient (Wildman–Crippen LogP) is 4.99. The first kappa shape index (κ1) is 18.8. The zero-order valence-electron chi connectivity index (χ0n) is 14.2. The van der Waals surface area contributed by atoms with Gasteiger partial charge in [-0.2, -0.15) is 0 Å². The smallest absolute Gasteiger partial charge is 0.271 e. The van der Waals surface area contributed by atoms with Crippen molar-refractivity contribution in [1.29, 1.82) is 0 Å². The number of thiophene rings is 2. The van der Waals surface area contributed by atoms with E-state index < -0.39 is 10.0 Å². The van der Waals surface area contributed by atoms with E-state index in [0.29, 0.717) is 16.4 Å². The van der Waals surface area contributed by atoms with Crippen LogP contribution in [0.4, 0.5) is 10.8 Å². The minimum Gasteiger partial charge on any atom is -0.298 e. The maximum Gasteiger partial charge on any atom is 0.271 e. The van der Waals surface area contributed by atoms with Crippen molar-refractivity contribution in [3.63, 3.8) is 0 Å². The van der Waals surface area contributed by atoms with Gasteiger partial charge in [-0.15, -0.1) is 34.0 Å². The lowest BCUT2D eigenvalue weighted by Crippen LogP contribution is -2.13. The van der Waals surface area contributed by atoms with Gasteiger partial charge in [0, 0.05) is 16.6 Å². The Hall–Kier alpha value is -2.53. The van der Waals surface area contributed by atoms with E-state index in [4.69, 9.17) is 0 Å². The van der Waals surface area contributed by atoms with Gasteiger partial charge in [0.05, 0.1) is 10.6 Å². The number of thiazole rings is 1. The number of hydrogen-bond donors (Lipinski definition) is 2. The van der Waals surface area contributed by atoms with Crippen molar-refractivity contribution >= 4 is 60.8 Å². The first-order valence-electron chi connectivity index (χ1n) is 7.98. The molecule has 4 rings (SSSR count). The average Bonchev–Trinajstić information content (AvgIpc) is 3.43. The van der Waals surface area contributed by atoms with Gasteiger partial charge in [0.15, 0.2) is 5.13 Å². The van der Waals surface area contributed by atoms with Gasteiger partial charge in [-0.1, -0.05) is 12.1 Å². The molecule has 0 aliphatic carbocycles. The number of benzene rings is 1. The van der Waals surface area contributed by atoms with Crippen LogP contribution < -0.4 is 10.0 Å². The summed E-state index contributed by atoms with van der Waals surface area (Å²) in [6.45, 7) is 0. The molecule has 0 saturated heterocycles. The molecule has 1 aromatic carbocycles. The van der Waals surface area contributed by atoms with Crippen LogP contribution in [-0.2, 0) is 10.0 Å². The second kappa shape index (κ2) is 7.84. The summed E-state index contributed by atoms with van der Waals surface area (Å²) in [5, 5.41) is 8.84. The summed E-state index contributed by atoms with van der Waals surface area (Å²) in [5.41, 5.74) is 1.62. The zero-order chi connectivity index (χ0) is 19.6. The van der Waals surface area contributed by atoms with E-state index >= 15 is 0 Å². The van der Waals surface area contributed by atoms with Crippen LogP contribution in [0.3, 0.4) is 0 Å². The van der Waals surface area contributed by atoms with Gasteiger partial charge < -0.3 is 0 Å². The number of carbonyl (C=O) groups is 1. The normalized spacial score (nSPS) is 11.3. The van der Waals surface area contributed by atoms with Crippen LogP contribution in [0.1, 0.15) is 10.4 Å². The molecule has 0 unspecified atom stereocenters. The Morgan fingerprint density at radius 1 is 0.929 bits per heavy atom. The Balaban J connectivity index is 1.43. The monoisotopic (exact) mass is 447 g/mol. The van der Waals surface area contributed by atoms with Crippen LogP contribution in [0, 0.1) is 0 Å². The third-order valence-electron chi connectivity index (χ3n) is 3.66. The molecule has 2 N–H and O–H groups in total. The van der Waals surface area contributed by atoms with E-state index in [1.54, 1.807) is 47.0 Å². The average molecular weight is 448 g/mol. The Morgan fingerprint density at radius 2 is 1.68 bits per heavy atom. The standard InChI is InChI=1S/C18H13N3O3S4/c22-17(20-18-19-14(11-27-18)15-3-1-9-25-15)12-5-7-13(8-6-12)21-28(23,24)16-4-2-10-26-16/h1-11,21H,(H,19,20,22). The molecule has 3 aromatic heterocycles. The topological polar surface area (TPSA) is 88.2 Å². The number of rotatable bonds is 6. The lowest BCUT2D eigenvalue weighted by molar-refractivity contribution is 0.102. The molecule has 0 radical (unpaired) electrons. The van der Waals surface area contributed by atoms with Gasteiger partial charge in [0.2, 0.25) is 0 Å². The molecule has 28 heavy (non-hydrogen) atoms. The van der Waals surface area contributed by atoms with Gasteiger partial charge >= 0.3 is 0 Å². The minimum absolute atomic E-state index is 0.236. The molecule has 142 valence electrons. The summed E-state index contributed by atoms with van der Waals surface area (Å²) < 4.78 is 27.2. The Kier molecular flexibility index (Phi) is 5.27. The molecule has 1 amide bonds. The third-order valence-corrected chi connectivity index (χ3v) is 8.09. The van der Waals surface area contributed by atoms with E-state index in [-0.39, 0.29) is 10.1 Å². The number of anilines is 2. The lowest BCUT2D eigenvalue weighted by atomic mass is 10.2. The van der Waals surface area contributed by atoms with Gasteiger partial charge in [0.1, 0.15) is 4.21 Å². The molecule has 3 heterocycles. The van der Waals surface area contributed by atoms with Crippen molar-refractivity contribution in [3.8, 4) is 10.6 Å². The predicted molar refractivity (Wildman–Crippen MR) is 115 cm³/mol. The highest BCUT2D eigenvalue weighted by atomic mass is 32.2. The SMILES string of the molecule is O=C(Nc1nc(-c2cccs2)cs1)c1ccc(NS(=O)(=O)c2cccs2)cc1. The number of hydrogen-bond acceptors (Lipinski definition) is 7. The van der Waals surface area contributed by atoms with E-state index in [9.17, 15) is 13.2 Å². The van der Waals surface area contributed by atoms with E-state index in [1.807, 2.05) is 22.9 Å². The van der Waals surface area contributed by atoms with E-state index in [1.165, 1.54) is 17.4 Å². The largest absolute Gasteiger partial charge is 0.298 e. The molecule has 0 saturated carbocycles. The van der Waals surface area contributed by atoms with E-state index in [2.05, 4.69) is 15.0 Å². The number of amides is 1. The Bertz CT molecular complexity index is 1180. The van der Waals surface area contributed by atoms with Crippen molar-refractivity contribution in [2.45, 2.75) is 4.21 Å². The summed E-state index contributed by atoms with van der Waals surface area (Å²) in [6.07, 6.45) is 0. The number of nitrogens with one attached hydrogen (secondary N) is 2. The number of carbonyl (C=O) groups excluding carboxylic acids is 1. The van der Waals surface area contributed by atoms with Crippen LogP contribution in [0.15, 0.2) is 68.9 Å². The molecule has 0 aliphatic rings. The minimum atomic E-state index is -3.61. The summed E-state index contributed by atoms with van der Waals surface area (Å²) in [5.74, 6) is -0.306. The maximum absolute atomic E-state index is 12.4. The van der Waals surface area contributed by atoms with Crippen LogP contribution in [0.5, 0.6) is 0 Å². The maximum atomic E-state index is 12.4. The molecule has 0 bridgehead atoms. The van der Waals surface area contributed by atoms with Crippen molar-refractivity contribution in [2.24, 2.45) is 0 Å². The van der Waals surface area contributed by atoms with Gasteiger partial charge in [-0.05, 0) is 47.2 Å². The molecule has 0 spiro atoms.